The molecule has 2 aromatic rings. The molecule has 4 nitrogen and oxygen atoms in total. The van der Waals surface area contributed by atoms with Gasteiger partial charge in [-0.3, -0.25) is 4.79 Å². The van der Waals surface area contributed by atoms with Crippen molar-refractivity contribution in [2.24, 2.45) is 0 Å². The van der Waals surface area contributed by atoms with Crippen LogP contribution in [0.4, 0.5) is 5.69 Å². The summed E-state index contributed by atoms with van der Waals surface area (Å²) in [6.45, 7) is 2.17. The van der Waals surface area contributed by atoms with Crippen LogP contribution in [0.1, 0.15) is 36.5 Å². The fourth-order valence-corrected chi connectivity index (χ4v) is 4.28. The van der Waals surface area contributed by atoms with Gasteiger partial charge in [0.25, 0.3) is 5.91 Å². The minimum atomic E-state index is 0.0135. The first kappa shape index (κ1) is 14.3. The van der Waals surface area contributed by atoms with Crippen LogP contribution < -0.4 is 11.1 Å². The molecule has 0 aliphatic heterocycles. The molecule has 1 aromatic heterocycles. The number of benzene rings is 1. The highest BCUT2D eigenvalue weighted by Crippen LogP contribution is 2.30. The molecule has 1 saturated carbocycles. The second-order valence-electron chi connectivity index (χ2n) is 5.51. The molecule has 4 N–H and O–H groups in total. The minimum Gasteiger partial charge on any atom is -0.399 e. The Morgan fingerprint density at radius 1 is 1.48 bits per heavy atom. The number of aromatic nitrogens is 1. The number of anilines is 1. The molecule has 0 bridgehead atoms. The fraction of sp³-hybridized carbons (Fsp3) is 0.438. The zero-order valence-corrected chi connectivity index (χ0v) is 13.0. The Morgan fingerprint density at radius 3 is 3.14 bits per heavy atom. The smallest absolute Gasteiger partial charge is 0.253 e. The summed E-state index contributed by atoms with van der Waals surface area (Å²) in [4.78, 5) is 15.7. The molecule has 112 valence electrons. The highest BCUT2D eigenvalue weighted by atomic mass is 32.2. The van der Waals surface area contributed by atoms with Crippen molar-refractivity contribution in [2.45, 2.75) is 37.5 Å². The first-order valence-corrected chi connectivity index (χ1v) is 8.53. The van der Waals surface area contributed by atoms with E-state index < -0.39 is 0 Å². The summed E-state index contributed by atoms with van der Waals surface area (Å²) in [5, 5.41) is 4.70. The van der Waals surface area contributed by atoms with Gasteiger partial charge in [-0.05, 0) is 36.8 Å². The van der Waals surface area contributed by atoms with Gasteiger partial charge in [-0.15, -0.1) is 0 Å². The normalized spacial score (nSPS) is 21.8. The van der Waals surface area contributed by atoms with Crippen molar-refractivity contribution in [1.29, 1.82) is 0 Å². The molecule has 1 aliphatic carbocycles. The van der Waals surface area contributed by atoms with E-state index in [9.17, 15) is 4.79 Å². The maximum absolute atomic E-state index is 12.5. The lowest BCUT2D eigenvalue weighted by molar-refractivity contribution is 0.0940. The van der Waals surface area contributed by atoms with E-state index >= 15 is 0 Å². The van der Waals surface area contributed by atoms with Crippen LogP contribution in [0.25, 0.3) is 10.9 Å². The van der Waals surface area contributed by atoms with Gasteiger partial charge >= 0.3 is 0 Å². The Labute approximate surface area is 128 Å². The maximum Gasteiger partial charge on any atom is 0.253 e. The van der Waals surface area contributed by atoms with E-state index in [-0.39, 0.29) is 5.91 Å². The highest BCUT2D eigenvalue weighted by Gasteiger charge is 2.29. The lowest BCUT2D eigenvalue weighted by Crippen LogP contribution is -2.38. The first-order chi connectivity index (χ1) is 10.2. The van der Waals surface area contributed by atoms with Crippen molar-refractivity contribution in [3.8, 4) is 0 Å². The summed E-state index contributed by atoms with van der Waals surface area (Å²) in [6.07, 6.45) is 5.26. The maximum atomic E-state index is 12.5. The van der Waals surface area contributed by atoms with E-state index in [0.29, 0.717) is 22.5 Å². The van der Waals surface area contributed by atoms with Gasteiger partial charge in [0.1, 0.15) is 0 Å². The number of carbonyl (C=O) groups excluding carboxylic acids is 1. The molecule has 1 fully saturated rings. The van der Waals surface area contributed by atoms with Crippen LogP contribution in [0.5, 0.6) is 0 Å². The van der Waals surface area contributed by atoms with Crippen molar-refractivity contribution in [2.75, 3.05) is 11.5 Å². The number of amides is 1. The number of nitrogens with one attached hydrogen (secondary N) is 2. The molecule has 21 heavy (non-hydrogen) atoms. The number of thioether (sulfide) groups is 1. The summed E-state index contributed by atoms with van der Waals surface area (Å²) in [7, 11) is 0. The van der Waals surface area contributed by atoms with Gasteiger partial charge in [-0.2, -0.15) is 11.8 Å². The Bertz CT molecular complexity index is 652. The molecule has 2 unspecified atom stereocenters. The van der Waals surface area contributed by atoms with E-state index in [2.05, 4.69) is 17.2 Å². The van der Waals surface area contributed by atoms with E-state index in [1.54, 1.807) is 6.20 Å². The number of aromatic amines is 1. The summed E-state index contributed by atoms with van der Waals surface area (Å²) in [5.74, 6) is 1.11. The number of carbonyl (C=O) groups is 1. The molecule has 1 heterocycles. The number of H-pyrrole nitrogens is 1. The zero-order chi connectivity index (χ0) is 14.8. The SMILES string of the molecule is CCSC1CCCC1NC(=O)c1c[nH]c2cc(N)ccc12. The van der Waals surface area contributed by atoms with E-state index in [1.165, 1.54) is 12.8 Å². The molecule has 3 rings (SSSR count). The van der Waals surface area contributed by atoms with E-state index in [1.807, 2.05) is 30.0 Å². The lowest BCUT2D eigenvalue weighted by atomic mass is 10.1. The molecule has 1 aromatic carbocycles. The summed E-state index contributed by atoms with van der Waals surface area (Å²) in [5.41, 5.74) is 8.08. The van der Waals surface area contributed by atoms with Crippen LogP contribution in [0.15, 0.2) is 24.4 Å². The average Bonchev–Trinajstić information content (AvgIpc) is 3.06. The third-order valence-corrected chi connectivity index (χ3v) is 5.43. The first-order valence-electron chi connectivity index (χ1n) is 7.48. The van der Waals surface area contributed by atoms with Crippen LogP contribution in [-0.2, 0) is 0 Å². The number of hydrogen-bond acceptors (Lipinski definition) is 3. The standard InChI is InChI=1S/C16H21N3OS/c1-2-21-15-5-3-4-13(15)19-16(20)12-9-18-14-8-10(17)6-7-11(12)14/h6-9,13,15,18H,2-5,17H2,1H3,(H,19,20). The number of nitrogen functional groups attached to an aromatic ring is 1. The molecule has 0 radical (unpaired) electrons. The third-order valence-electron chi connectivity index (χ3n) is 4.10. The van der Waals surface area contributed by atoms with Gasteiger partial charge in [0.05, 0.1) is 5.56 Å². The van der Waals surface area contributed by atoms with Crippen LogP contribution in [0.3, 0.4) is 0 Å². The van der Waals surface area contributed by atoms with Crippen LogP contribution >= 0.6 is 11.8 Å². The highest BCUT2D eigenvalue weighted by molar-refractivity contribution is 7.99. The molecule has 0 saturated heterocycles. The summed E-state index contributed by atoms with van der Waals surface area (Å²) < 4.78 is 0. The van der Waals surface area contributed by atoms with Gasteiger partial charge in [-0.25, -0.2) is 0 Å². The van der Waals surface area contributed by atoms with Gasteiger partial charge < -0.3 is 16.0 Å². The Hall–Kier alpha value is -1.62. The predicted molar refractivity (Wildman–Crippen MR) is 89.7 cm³/mol. The number of rotatable bonds is 4. The van der Waals surface area contributed by atoms with Gasteiger partial charge in [0.2, 0.25) is 0 Å². The predicted octanol–water partition coefficient (Wildman–Crippen LogP) is 3.15. The van der Waals surface area contributed by atoms with E-state index in [4.69, 9.17) is 5.73 Å². The quantitative estimate of drug-likeness (QED) is 0.760. The molecule has 1 aliphatic rings. The van der Waals surface area contributed by atoms with Crippen LogP contribution in [-0.4, -0.2) is 27.9 Å². The second kappa shape index (κ2) is 6.02. The van der Waals surface area contributed by atoms with Gasteiger partial charge in [0.15, 0.2) is 0 Å². The van der Waals surface area contributed by atoms with Crippen LogP contribution in [0, 0.1) is 0 Å². The van der Waals surface area contributed by atoms with Crippen molar-refractivity contribution >= 4 is 34.3 Å². The van der Waals surface area contributed by atoms with Crippen molar-refractivity contribution in [3.05, 3.63) is 30.0 Å². The van der Waals surface area contributed by atoms with Gasteiger partial charge in [0, 0.05) is 34.1 Å². The largest absolute Gasteiger partial charge is 0.399 e. The molecular weight excluding hydrogens is 282 g/mol. The molecular formula is C16H21N3OS. The number of fused-ring (bicyclic) bond motifs is 1. The van der Waals surface area contributed by atoms with Gasteiger partial charge in [-0.1, -0.05) is 13.3 Å². The zero-order valence-electron chi connectivity index (χ0n) is 12.2. The van der Waals surface area contributed by atoms with Crippen LogP contribution in [0.2, 0.25) is 0 Å². The van der Waals surface area contributed by atoms with Crippen molar-refractivity contribution in [3.63, 3.8) is 0 Å². The van der Waals surface area contributed by atoms with Crippen molar-refractivity contribution < 1.29 is 4.79 Å². The summed E-state index contributed by atoms with van der Waals surface area (Å²) in [6, 6.07) is 5.89. The number of hydrogen-bond donors (Lipinski definition) is 3. The fourth-order valence-electron chi connectivity index (χ4n) is 3.08. The van der Waals surface area contributed by atoms with E-state index in [0.717, 1.165) is 23.1 Å². The molecule has 5 heteroatoms. The topological polar surface area (TPSA) is 70.9 Å². The number of nitrogens with two attached hydrogens (primary N) is 1. The lowest BCUT2D eigenvalue weighted by Gasteiger charge is -2.19. The van der Waals surface area contributed by atoms with Crippen molar-refractivity contribution in [1.82, 2.24) is 10.3 Å². The molecule has 1 amide bonds. The third kappa shape index (κ3) is 2.88. The monoisotopic (exact) mass is 303 g/mol. The Kier molecular flexibility index (Phi) is 4.10. The second-order valence-corrected chi connectivity index (χ2v) is 7.03. The minimum absolute atomic E-state index is 0.0135. The Balaban J connectivity index is 1.78. The molecule has 0 spiro atoms. The average molecular weight is 303 g/mol. The summed E-state index contributed by atoms with van der Waals surface area (Å²) >= 11 is 1.95. The molecule has 2 atom stereocenters. The Morgan fingerprint density at radius 2 is 2.33 bits per heavy atom.